The fourth-order valence-corrected chi connectivity index (χ4v) is 9.52. The molecule has 7 amide bonds. The van der Waals surface area contributed by atoms with E-state index in [1.807, 2.05) is 12.1 Å². The third-order valence-corrected chi connectivity index (χ3v) is 14.5. The van der Waals surface area contributed by atoms with Crippen molar-refractivity contribution in [1.29, 1.82) is 0 Å². The van der Waals surface area contributed by atoms with Crippen molar-refractivity contribution in [3.05, 3.63) is 94.9 Å². The first-order valence-electron chi connectivity index (χ1n) is 27.5. The van der Waals surface area contributed by atoms with Gasteiger partial charge in [-0.2, -0.15) is 4.98 Å². The number of amides is 7. The smallest absolute Gasteiger partial charge is 0.481 e. The molecule has 2 atom stereocenters. The second-order valence-corrected chi connectivity index (χ2v) is 21.7. The third kappa shape index (κ3) is 24.4. The van der Waals surface area contributed by atoms with E-state index in [0.29, 0.717) is 56.5 Å². The Morgan fingerprint density at radius 1 is 0.656 bits per heavy atom. The highest BCUT2D eigenvalue weighted by atomic mass is 33.1. The number of carbonyl (C=O) groups excluding carboxylic acids is 8. The minimum atomic E-state index is -1.49. The van der Waals surface area contributed by atoms with Crippen molar-refractivity contribution in [3.8, 4) is 0 Å². The van der Waals surface area contributed by atoms with E-state index in [0.717, 1.165) is 5.69 Å². The second kappa shape index (κ2) is 36.1. The zero-order valence-corrected chi connectivity index (χ0v) is 49.6. The predicted molar refractivity (Wildman–Crippen MR) is 330 cm³/mol. The molecule has 33 nitrogen and oxygen atoms in total. The fraction of sp³-hybridized carbons (Fsp3) is 0.352. The number of hydrogen-bond acceptors (Lipinski definition) is 25. The summed E-state index contributed by atoms with van der Waals surface area (Å²) in [6.45, 7) is -1.21. The summed E-state index contributed by atoms with van der Waals surface area (Å²) in [5, 5.41) is 45.4. The van der Waals surface area contributed by atoms with E-state index in [4.69, 9.17) is 23.1 Å². The van der Waals surface area contributed by atoms with Gasteiger partial charge >= 0.3 is 18.1 Å². The van der Waals surface area contributed by atoms with Gasteiger partial charge in [0.05, 0.1) is 56.3 Å². The van der Waals surface area contributed by atoms with Crippen LogP contribution in [-0.2, 0) is 54.4 Å². The molecule has 0 bridgehead atoms. The van der Waals surface area contributed by atoms with E-state index in [1.165, 1.54) is 34.1 Å². The van der Waals surface area contributed by atoms with Gasteiger partial charge in [0.1, 0.15) is 51.1 Å². The first-order chi connectivity index (χ1) is 43.3. The molecule has 2 unspecified atom stereocenters. The molecule has 474 valence electrons. The molecule has 0 fully saturated rings. The fourth-order valence-electron chi connectivity index (χ4n) is 7.79. The number of hydrogen-bond donors (Lipinski definition) is 14. The molecule has 0 saturated carbocycles. The number of carboxylic acid groups (broad SMARTS) is 2. The number of H-pyrrole nitrogens is 1. The molecule has 0 spiro atoms. The van der Waals surface area contributed by atoms with Crippen LogP contribution in [0.4, 0.5) is 33.8 Å². The number of nitrogen functional groups attached to an aromatic ring is 1. The van der Waals surface area contributed by atoms with E-state index in [9.17, 15) is 63.0 Å². The number of pyridine rings is 1. The molecule has 36 heteroatoms. The van der Waals surface area contributed by atoms with E-state index < -0.39 is 122 Å². The Morgan fingerprint density at radius 2 is 1.33 bits per heavy atom. The quantitative estimate of drug-likeness (QED) is 0.00973. The highest BCUT2D eigenvalue weighted by Gasteiger charge is 2.26. The number of nitrogens with zero attached hydrogens (tertiary/aromatic N) is 6. The standard InChI is InChI=1S/C54H63BN18O15S2/c55-31-3-1-4-33(21-31)69-47-35-22-39(61-25-38(35)66-29-67-47)57-15-17-87-54(86)88-18-20-90-89-19-16-58-41(75)26-64-50(83)36(10-12-44(78)79)71-43(77)28-65-51(84)37(11-13-45(80)81)70-42(76)27-62-40(74)5-2-14-59-49(82)30-6-8-32(9-7-30)60-23-34-24-63-48-46(68-34)52(85)73-53(56)72-48/h1,3-4,6-9,21-22,24-25,29,36-37,60H,2,5,10-20,23,26-28H2,(H,57,61)(H,58,75)(H,59,82)(H,62,74)(H,64,83)(H,65,84)(H,70,76)(H,71,77)(H,78,79)(H,80,81)(H,66,67,69)(H3,56,63,72,73,85). The summed E-state index contributed by atoms with van der Waals surface area (Å²) in [5.74, 6) is -6.16. The Balaban J connectivity index is 0.798. The molecule has 6 aromatic rings. The molecule has 6 rings (SSSR count). The van der Waals surface area contributed by atoms with Crippen molar-refractivity contribution in [3.63, 3.8) is 0 Å². The number of nitrogens with one attached hydrogen (secondary N) is 11. The summed E-state index contributed by atoms with van der Waals surface area (Å²) in [4.78, 5) is 164. The van der Waals surface area contributed by atoms with Crippen LogP contribution in [0.2, 0.25) is 0 Å². The zero-order chi connectivity index (χ0) is 64.8. The molecular formula is C54H63BN18O15S2. The third-order valence-electron chi connectivity index (χ3n) is 12.1. The number of benzene rings is 2. The van der Waals surface area contributed by atoms with E-state index >= 15 is 0 Å². The van der Waals surface area contributed by atoms with Crippen molar-refractivity contribution >= 4 is 145 Å². The maximum Gasteiger partial charge on any atom is 0.508 e. The SMILES string of the molecule is [B]c1cccc(Nc2ncnc3cnc(NCCOC(=O)OCCSSCCNC(=O)CNC(=O)C(CCC(=O)O)NC(=O)CNC(=O)C(CCC(=O)O)NC(=O)CNC(=O)CCCNC(=O)c4ccc(NCc5cnc6nc(N)[nH]c(=O)c6n5)cc4)cc23)c1. The van der Waals surface area contributed by atoms with Gasteiger partial charge in [0.15, 0.2) is 11.2 Å². The van der Waals surface area contributed by atoms with Gasteiger partial charge in [-0.25, -0.2) is 29.7 Å². The average molecular weight is 1280 g/mol. The molecule has 4 aromatic heterocycles. The van der Waals surface area contributed by atoms with Crippen LogP contribution in [0.3, 0.4) is 0 Å². The molecule has 15 N–H and O–H groups in total. The van der Waals surface area contributed by atoms with Crippen molar-refractivity contribution in [2.24, 2.45) is 0 Å². The molecule has 2 radical (unpaired) electrons. The number of carboxylic acids is 2. The van der Waals surface area contributed by atoms with Crippen molar-refractivity contribution in [2.75, 3.05) is 85.7 Å². The normalized spacial score (nSPS) is 11.4. The lowest BCUT2D eigenvalue weighted by atomic mass is 9.96. The number of anilines is 5. The molecule has 0 aliphatic rings. The molecule has 90 heavy (non-hydrogen) atoms. The minimum absolute atomic E-state index is 0.0123. The molecular weight excluding hydrogens is 1220 g/mol. The van der Waals surface area contributed by atoms with Crippen molar-refractivity contribution in [2.45, 2.75) is 57.2 Å². The van der Waals surface area contributed by atoms with E-state index in [2.05, 4.69) is 88.1 Å². The van der Waals surface area contributed by atoms with Crippen molar-refractivity contribution < 1.29 is 67.6 Å². The van der Waals surface area contributed by atoms with Gasteiger partial charge in [0.2, 0.25) is 41.4 Å². The van der Waals surface area contributed by atoms with Crippen LogP contribution < -0.4 is 69.9 Å². The van der Waals surface area contributed by atoms with Gasteiger partial charge in [0, 0.05) is 66.2 Å². The van der Waals surface area contributed by atoms with Crippen LogP contribution in [-0.4, -0.2) is 188 Å². The number of aromatic nitrogens is 7. The summed E-state index contributed by atoms with van der Waals surface area (Å²) in [6.07, 6.45) is 1.69. The van der Waals surface area contributed by atoms with Gasteiger partial charge in [-0.1, -0.05) is 39.2 Å². The molecule has 4 heterocycles. The Hall–Kier alpha value is -10.4. The van der Waals surface area contributed by atoms with Gasteiger partial charge in [0.25, 0.3) is 11.5 Å². The minimum Gasteiger partial charge on any atom is -0.481 e. The number of fused-ring (bicyclic) bond motifs is 2. The first kappa shape index (κ1) is 68.7. The Bertz CT molecular complexity index is 3590. The number of aliphatic carboxylic acids is 2. The summed E-state index contributed by atoms with van der Waals surface area (Å²) in [7, 11) is 8.63. The van der Waals surface area contributed by atoms with Crippen LogP contribution in [0, 0.1) is 0 Å². The predicted octanol–water partition coefficient (Wildman–Crippen LogP) is -0.896. The van der Waals surface area contributed by atoms with Crippen LogP contribution in [0.15, 0.2) is 78.1 Å². The van der Waals surface area contributed by atoms with Gasteiger partial charge in [-0.15, -0.1) is 0 Å². The van der Waals surface area contributed by atoms with Crippen LogP contribution in [0.5, 0.6) is 0 Å². The van der Waals surface area contributed by atoms with E-state index in [-0.39, 0.29) is 69.3 Å². The van der Waals surface area contributed by atoms with Crippen LogP contribution in [0.25, 0.3) is 22.1 Å². The number of aromatic amines is 1. The van der Waals surface area contributed by atoms with Gasteiger partial charge in [-0.3, -0.25) is 52.9 Å². The lowest BCUT2D eigenvalue weighted by molar-refractivity contribution is -0.138. The monoisotopic (exact) mass is 1280 g/mol. The average Bonchev–Trinajstić information content (AvgIpc) is 1.64. The topological polar surface area (TPSA) is 486 Å². The molecule has 2 aromatic carbocycles. The summed E-state index contributed by atoms with van der Waals surface area (Å²) >= 11 is 0. The lowest BCUT2D eigenvalue weighted by Crippen LogP contribution is -2.53. The number of nitrogens with two attached hydrogens (primary N) is 1. The lowest BCUT2D eigenvalue weighted by Gasteiger charge is -2.20. The van der Waals surface area contributed by atoms with Gasteiger partial charge < -0.3 is 78.6 Å². The van der Waals surface area contributed by atoms with Crippen LogP contribution in [0.1, 0.15) is 54.6 Å². The highest BCUT2D eigenvalue weighted by molar-refractivity contribution is 8.76. The largest absolute Gasteiger partial charge is 0.508 e. The Kier molecular flexibility index (Phi) is 27.5. The molecule has 0 saturated heterocycles. The van der Waals surface area contributed by atoms with Crippen LogP contribution >= 0.6 is 21.6 Å². The van der Waals surface area contributed by atoms with E-state index in [1.54, 1.807) is 48.7 Å². The Labute approximate surface area is 520 Å². The number of ether oxygens (including phenoxy) is 2. The maximum atomic E-state index is 13.1. The zero-order valence-electron chi connectivity index (χ0n) is 48.0. The molecule has 0 aliphatic heterocycles. The van der Waals surface area contributed by atoms with Gasteiger partial charge in [-0.05, 0) is 61.7 Å². The summed E-state index contributed by atoms with van der Waals surface area (Å²) in [5.41, 5.74) is 8.52. The summed E-state index contributed by atoms with van der Waals surface area (Å²) < 4.78 is 10.2. The molecule has 0 aliphatic carbocycles. The summed E-state index contributed by atoms with van der Waals surface area (Å²) in [6, 6.07) is 12.5. The second-order valence-electron chi connectivity index (χ2n) is 19.0. The first-order valence-corrected chi connectivity index (χ1v) is 30.0. The van der Waals surface area contributed by atoms with Crippen molar-refractivity contribution in [1.82, 2.24) is 72.1 Å². The Morgan fingerprint density at radius 3 is 2.03 bits per heavy atom. The number of rotatable bonds is 37. The highest BCUT2D eigenvalue weighted by Crippen LogP contribution is 2.24. The maximum absolute atomic E-state index is 13.1. The number of carbonyl (C=O) groups is 10.